The number of carbonyl (C=O) groups is 2. The Morgan fingerprint density at radius 1 is 1.30 bits per heavy atom. The van der Waals surface area contributed by atoms with Crippen LogP contribution in [-0.2, 0) is 4.79 Å². The Morgan fingerprint density at radius 3 is 2.78 bits per heavy atom. The van der Waals surface area contributed by atoms with Crippen LogP contribution in [0, 0.1) is 17.6 Å². The lowest BCUT2D eigenvalue weighted by Gasteiger charge is -2.32. The Balaban J connectivity index is 1.87. The number of benzene rings is 1. The summed E-state index contributed by atoms with van der Waals surface area (Å²) in [4.78, 5) is 26.0. The molecule has 1 unspecified atom stereocenters. The summed E-state index contributed by atoms with van der Waals surface area (Å²) in [5.41, 5.74) is -0.161. The number of ketones is 1. The van der Waals surface area contributed by atoms with E-state index in [0.717, 1.165) is 31.5 Å². The molecule has 126 valence electrons. The lowest BCUT2D eigenvalue weighted by atomic mass is 9.97. The zero-order chi connectivity index (χ0) is 16.8. The second kappa shape index (κ2) is 8.15. The average Bonchev–Trinajstić information content (AvgIpc) is 2.53. The summed E-state index contributed by atoms with van der Waals surface area (Å²) in [6, 6.07) is 2.86. The molecule has 1 atom stereocenters. The number of hydrogen-bond donors (Lipinski definition) is 1. The second-order valence-electron chi connectivity index (χ2n) is 5.95. The highest BCUT2D eigenvalue weighted by Gasteiger charge is 2.24. The van der Waals surface area contributed by atoms with Crippen LogP contribution >= 0.6 is 0 Å². The molecule has 1 fully saturated rings. The highest BCUT2D eigenvalue weighted by Crippen LogP contribution is 2.18. The quantitative estimate of drug-likeness (QED) is 0.818. The van der Waals surface area contributed by atoms with Crippen LogP contribution in [-0.4, -0.2) is 43.3 Å². The van der Waals surface area contributed by atoms with Crippen molar-refractivity contribution in [2.45, 2.75) is 25.7 Å². The van der Waals surface area contributed by atoms with Gasteiger partial charge >= 0.3 is 0 Å². The van der Waals surface area contributed by atoms with E-state index in [9.17, 15) is 18.4 Å². The standard InChI is InChI=1S/C17H22F2N2O2/c1-20-10-12-3-2-8-21(11-12)17(23)7-6-16(22)14-5-4-13(18)9-15(14)19/h4-5,9,12,20H,2-3,6-8,10-11H2,1H3. The number of piperidine rings is 1. The number of nitrogens with zero attached hydrogens (tertiary/aromatic N) is 1. The number of nitrogens with one attached hydrogen (secondary N) is 1. The number of amides is 1. The van der Waals surface area contributed by atoms with Gasteiger partial charge in [-0.15, -0.1) is 0 Å². The summed E-state index contributed by atoms with van der Waals surface area (Å²) >= 11 is 0. The maximum absolute atomic E-state index is 13.6. The predicted octanol–water partition coefficient (Wildman–Crippen LogP) is 2.39. The minimum atomic E-state index is -0.880. The van der Waals surface area contributed by atoms with Crippen molar-refractivity contribution >= 4 is 11.7 Å². The van der Waals surface area contributed by atoms with E-state index in [1.54, 1.807) is 4.90 Å². The topological polar surface area (TPSA) is 49.4 Å². The molecule has 0 saturated carbocycles. The van der Waals surface area contributed by atoms with Gasteiger partial charge < -0.3 is 10.2 Å². The molecule has 0 aromatic heterocycles. The molecule has 1 amide bonds. The van der Waals surface area contributed by atoms with Crippen molar-refractivity contribution in [3.05, 3.63) is 35.4 Å². The fourth-order valence-corrected chi connectivity index (χ4v) is 2.98. The summed E-state index contributed by atoms with van der Waals surface area (Å²) in [7, 11) is 1.89. The number of carbonyl (C=O) groups excluding carboxylic acids is 2. The van der Waals surface area contributed by atoms with Crippen LogP contribution in [0.4, 0.5) is 8.78 Å². The molecule has 6 heteroatoms. The summed E-state index contributed by atoms with van der Waals surface area (Å²) in [5.74, 6) is -1.72. The van der Waals surface area contributed by atoms with Gasteiger partial charge in [0, 0.05) is 32.0 Å². The van der Waals surface area contributed by atoms with Crippen molar-refractivity contribution in [3.8, 4) is 0 Å². The van der Waals surface area contributed by atoms with Crippen LogP contribution in [0.5, 0.6) is 0 Å². The number of Topliss-reactive ketones (excluding diaryl/α,β-unsaturated/α-hetero) is 1. The van der Waals surface area contributed by atoms with Crippen LogP contribution < -0.4 is 5.32 Å². The highest BCUT2D eigenvalue weighted by molar-refractivity contribution is 5.98. The van der Waals surface area contributed by atoms with Crippen molar-refractivity contribution < 1.29 is 18.4 Å². The number of hydrogen-bond acceptors (Lipinski definition) is 3. The monoisotopic (exact) mass is 324 g/mol. The first-order chi connectivity index (χ1) is 11.0. The van der Waals surface area contributed by atoms with Gasteiger partial charge in [0.25, 0.3) is 0 Å². The predicted molar refractivity (Wildman–Crippen MR) is 83.2 cm³/mol. The van der Waals surface area contributed by atoms with E-state index >= 15 is 0 Å². The molecule has 0 bridgehead atoms. The first kappa shape index (κ1) is 17.5. The third-order valence-corrected chi connectivity index (χ3v) is 4.16. The lowest BCUT2D eigenvalue weighted by Crippen LogP contribution is -2.42. The molecular formula is C17H22F2N2O2. The minimum absolute atomic E-state index is 0.0575. The number of likely N-dealkylation sites (tertiary alicyclic amines) is 1. The van der Waals surface area contributed by atoms with E-state index in [0.29, 0.717) is 25.1 Å². The van der Waals surface area contributed by atoms with E-state index in [1.165, 1.54) is 0 Å². The Kier molecular flexibility index (Phi) is 6.21. The Labute approximate surface area is 134 Å². The number of rotatable bonds is 6. The minimum Gasteiger partial charge on any atom is -0.342 e. The van der Waals surface area contributed by atoms with Crippen molar-refractivity contribution in [1.82, 2.24) is 10.2 Å². The Bertz CT molecular complexity index is 576. The average molecular weight is 324 g/mol. The summed E-state index contributed by atoms with van der Waals surface area (Å²) in [6.07, 6.45) is 2.04. The summed E-state index contributed by atoms with van der Waals surface area (Å²) in [6.45, 7) is 2.26. The Morgan fingerprint density at radius 2 is 2.09 bits per heavy atom. The molecule has 1 aliphatic rings. The molecule has 1 heterocycles. The molecule has 1 aromatic carbocycles. The van der Waals surface area contributed by atoms with Crippen LogP contribution in [0.15, 0.2) is 18.2 Å². The lowest BCUT2D eigenvalue weighted by molar-refractivity contribution is -0.132. The van der Waals surface area contributed by atoms with Crippen LogP contribution in [0.2, 0.25) is 0 Å². The van der Waals surface area contributed by atoms with Crippen molar-refractivity contribution in [2.75, 3.05) is 26.7 Å². The molecule has 1 saturated heterocycles. The van der Waals surface area contributed by atoms with E-state index < -0.39 is 17.4 Å². The van der Waals surface area contributed by atoms with Gasteiger partial charge in [0.2, 0.25) is 5.91 Å². The van der Waals surface area contributed by atoms with Crippen molar-refractivity contribution in [1.29, 1.82) is 0 Å². The second-order valence-corrected chi connectivity index (χ2v) is 5.95. The zero-order valence-electron chi connectivity index (χ0n) is 13.3. The zero-order valence-corrected chi connectivity index (χ0v) is 13.3. The fourth-order valence-electron chi connectivity index (χ4n) is 2.98. The van der Waals surface area contributed by atoms with Gasteiger partial charge in [-0.05, 0) is 44.5 Å². The molecule has 1 N–H and O–H groups in total. The SMILES string of the molecule is CNCC1CCCN(C(=O)CCC(=O)c2ccc(F)cc2F)C1. The van der Waals surface area contributed by atoms with E-state index in [-0.39, 0.29) is 24.3 Å². The summed E-state index contributed by atoms with van der Waals surface area (Å²) in [5, 5.41) is 3.12. The van der Waals surface area contributed by atoms with Crippen LogP contribution in [0.1, 0.15) is 36.0 Å². The van der Waals surface area contributed by atoms with E-state index in [4.69, 9.17) is 0 Å². The maximum Gasteiger partial charge on any atom is 0.223 e. The molecule has 0 aliphatic carbocycles. The Hall–Kier alpha value is -1.82. The van der Waals surface area contributed by atoms with Crippen LogP contribution in [0.25, 0.3) is 0 Å². The first-order valence-corrected chi connectivity index (χ1v) is 7.92. The molecule has 2 rings (SSSR count). The highest BCUT2D eigenvalue weighted by atomic mass is 19.1. The third-order valence-electron chi connectivity index (χ3n) is 4.16. The van der Waals surface area contributed by atoms with Crippen molar-refractivity contribution in [3.63, 3.8) is 0 Å². The van der Waals surface area contributed by atoms with Gasteiger partial charge in [-0.1, -0.05) is 0 Å². The maximum atomic E-state index is 13.6. The fraction of sp³-hybridized carbons (Fsp3) is 0.529. The normalized spacial score (nSPS) is 18.0. The van der Waals surface area contributed by atoms with Gasteiger partial charge in [0.1, 0.15) is 11.6 Å². The largest absolute Gasteiger partial charge is 0.342 e. The molecule has 0 spiro atoms. The van der Waals surface area contributed by atoms with Crippen LogP contribution in [0.3, 0.4) is 0 Å². The molecule has 1 aliphatic heterocycles. The summed E-state index contributed by atoms with van der Waals surface area (Å²) < 4.78 is 26.4. The smallest absolute Gasteiger partial charge is 0.223 e. The van der Waals surface area contributed by atoms with E-state index in [2.05, 4.69) is 5.32 Å². The van der Waals surface area contributed by atoms with Gasteiger partial charge in [-0.25, -0.2) is 8.78 Å². The van der Waals surface area contributed by atoms with Gasteiger partial charge in [-0.3, -0.25) is 9.59 Å². The van der Waals surface area contributed by atoms with Gasteiger partial charge in [0.15, 0.2) is 5.78 Å². The molecule has 4 nitrogen and oxygen atoms in total. The third kappa shape index (κ3) is 4.82. The van der Waals surface area contributed by atoms with Gasteiger partial charge in [0.05, 0.1) is 5.56 Å². The molecule has 1 aromatic rings. The molecule has 23 heavy (non-hydrogen) atoms. The van der Waals surface area contributed by atoms with E-state index in [1.807, 2.05) is 7.05 Å². The molecular weight excluding hydrogens is 302 g/mol. The van der Waals surface area contributed by atoms with Gasteiger partial charge in [-0.2, -0.15) is 0 Å². The number of halogens is 2. The molecule has 0 radical (unpaired) electrons. The van der Waals surface area contributed by atoms with Crippen molar-refractivity contribution in [2.24, 2.45) is 5.92 Å². The first-order valence-electron chi connectivity index (χ1n) is 7.92.